The zero-order chi connectivity index (χ0) is 18.8. The van der Waals surface area contributed by atoms with Crippen molar-refractivity contribution in [3.8, 4) is 0 Å². The van der Waals surface area contributed by atoms with Gasteiger partial charge in [0.2, 0.25) is 0 Å². The molecule has 0 amide bonds. The van der Waals surface area contributed by atoms with Crippen molar-refractivity contribution in [2.45, 2.75) is 19.8 Å². The monoisotopic (exact) mass is 358 g/mol. The van der Waals surface area contributed by atoms with Crippen LogP contribution in [0.1, 0.15) is 29.5 Å². The number of halogens is 1. The van der Waals surface area contributed by atoms with E-state index < -0.39 is 0 Å². The van der Waals surface area contributed by atoms with Gasteiger partial charge in [-0.15, -0.1) is 0 Å². The summed E-state index contributed by atoms with van der Waals surface area (Å²) in [6.07, 6.45) is 10.0. The first kappa shape index (κ1) is 17.5. The van der Waals surface area contributed by atoms with Gasteiger partial charge in [0, 0.05) is 18.8 Å². The van der Waals surface area contributed by atoms with Crippen LogP contribution in [0.25, 0.3) is 5.57 Å². The van der Waals surface area contributed by atoms with Crippen LogP contribution in [0.15, 0.2) is 72.3 Å². The van der Waals surface area contributed by atoms with Crippen molar-refractivity contribution >= 4 is 17.0 Å². The molecule has 1 heterocycles. The van der Waals surface area contributed by atoms with E-state index in [0.717, 1.165) is 35.4 Å². The minimum Gasteiger partial charge on any atom is -0.372 e. The zero-order valence-electron chi connectivity index (χ0n) is 15.5. The highest BCUT2D eigenvalue weighted by atomic mass is 19.1. The van der Waals surface area contributed by atoms with Crippen molar-refractivity contribution < 1.29 is 4.39 Å². The number of nitrogens with zero attached hydrogens (tertiary/aromatic N) is 1. The third kappa shape index (κ3) is 3.63. The van der Waals surface area contributed by atoms with E-state index in [9.17, 15) is 4.39 Å². The van der Waals surface area contributed by atoms with Crippen molar-refractivity contribution in [1.29, 1.82) is 5.41 Å². The minimum absolute atomic E-state index is 0.191. The van der Waals surface area contributed by atoms with Gasteiger partial charge >= 0.3 is 0 Å². The van der Waals surface area contributed by atoms with Crippen LogP contribution in [0.4, 0.5) is 10.1 Å². The van der Waals surface area contributed by atoms with Crippen LogP contribution >= 0.6 is 0 Å². The molecule has 1 fully saturated rings. The van der Waals surface area contributed by atoms with Crippen LogP contribution in [0, 0.1) is 18.2 Å². The van der Waals surface area contributed by atoms with Crippen LogP contribution in [0.5, 0.6) is 0 Å². The molecular weight excluding hydrogens is 335 g/mol. The lowest BCUT2D eigenvalue weighted by molar-refractivity contribution is 0.618. The first-order valence-electron chi connectivity index (χ1n) is 9.43. The molecular formula is C24H23FN2. The SMILES string of the molecule is Cc1cc(C(=C2C=CC(=N)C=C2)c2ccc(N3CCCC3)cc2)ccc1F. The summed E-state index contributed by atoms with van der Waals surface area (Å²) in [5.41, 5.74) is 6.56. The number of benzene rings is 2. The Morgan fingerprint density at radius 3 is 2.15 bits per heavy atom. The van der Waals surface area contributed by atoms with Crippen molar-refractivity contribution in [1.82, 2.24) is 0 Å². The minimum atomic E-state index is -0.191. The van der Waals surface area contributed by atoms with E-state index in [1.54, 1.807) is 19.1 Å². The molecule has 0 saturated carbocycles. The smallest absolute Gasteiger partial charge is 0.126 e. The highest BCUT2D eigenvalue weighted by molar-refractivity contribution is 6.05. The number of nitrogens with one attached hydrogen (secondary N) is 1. The Labute approximate surface area is 159 Å². The molecule has 1 aliphatic carbocycles. The van der Waals surface area contributed by atoms with Crippen molar-refractivity contribution in [3.63, 3.8) is 0 Å². The number of allylic oxidation sites excluding steroid dienone is 5. The Morgan fingerprint density at radius 1 is 0.889 bits per heavy atom. The number of aryl methyl sites for hydroxylation is 1. The second-order valence-corrected chi connectivity index (χ2v) is 7.16. The fourth-order valence-corrected chi connectivity index (χ4v) is 3.75. The average molecular weight is 358 g/mol. The molecule has 2 aromatic rings. The second-order valence-electron chi connectivity index (χ2n) is 7.16. The van der Waals surface area contributed by atoms with Gasteiger partial charge < -0.3 is 10.3 Å². The molecule has 4 rings (SSSR count). The summed E-state index contributed by atoms with van der Waals surface area (Å²) in [6, 6.07) is 13.9. The molecule has 136 valence electrons. The molecule has 1 aliphatic heterocycles. The number of anilines is 1. The van der Waals surface area contributed by atoms with Gasteiger partial charge in [-0.3, -0.25) is 0 Å². The molecule has 0 unspecified atom stereocenters. The first-order chi connectivity index (χ1) is 13.1. The summed E-state index contributed by atoms with van der Waals surface area (Å²) >= 11 is 0. The third-order valence-electron chi connectivity index (χ3n) is 5.25. The molecule has 0 aromatic heterocycles. The third-order valence-corrected chi connectivity index (χ3v) is 5.25. The molecule has 0 radical (unpaired) electrons. The fourth-order valence-electron chi connectivity index (χ4n) is 3.75. The summed E-state index contributed by atoms with van der Waals surface area (Å²) in [5, 5.41) is 7.76. The molecule has 2 aliphatic rings. The molecule has 2 aromatic carbocycles. The van der Waals surface area contributed by atoms with Crippen LogP contribution < -0.4 is 4.90 Å². The summed E-state index contributed by atoms with van der Waals surface area (Å²) in [4.78, 5) is 2.42. The summed E-state index contributed by atoms with van der Waals surface area (Å²) < 4.78 is 13.8. The van der Waals surface area contributed by atoms with Crippen LogP contribution in [-0.2, 0) is 0 Å². The highest BCUT2D eigenvalue weighted by Gasteiger charge is 2.15. The fraction of sp³-hybridized carbons (Fsp3) is 0.208. The Kier molecular flexibility index (Phi) is 4.76. The Bertz CT molecular complexity index is 940. The van der Waals surface area contributed by atoms with Crippen LogP contribution in [-0.4, -0.2) is 18.8 Å². The maximum Gasteiger partial charge on any atom is 0.126 e. The number of rotatable bonds is 3. The molecule has 2 nitrogen and oxygen atoms in total. The van der Waals surface area contributed by atoms with E-state index >= 15 is 0 Å². The normalized spacial score (nSPS) is 16.3. The summed E-state index contributed by atoms with van der Waals surface area (Å²) in [5.74, 6) is -0.191. The van der Waals surface area contributed by atoms with E-state index in [0.29, 0.717) is 11.3 Å². The topological polar surface area (TPSA) is 27.1 Å². The first-order valence-corrected chi connectivity index (χ1v) is 9.43. The van der Waals surface area contributed by atoms with Crippen molar-refractivity contribution in [2.24, 2.45) is 0 Å². The number of hydrogen-bond acceptors (Lipinski definition) is 2. The largest absolute Gasteiger partial charge is 0.372 e. The average Bonchev–Trinajstić information content (AvgIpc) is 3.22. The predicted octanol–water partition coefficient (Wildman–Crippen LogP) is 5.68. The van der Waals surface area contributed by atoms with Gasteiger partial charge in [-0.25, -0.2) is 4.39 Å². The van der Waals surface area contributed by atoms with E-state index in [4.69, 9.17) is 5.41 Å². The summed E-state index contributed by atoms with van der Waals surface area (Å²) in [7, 11) is 0. The van der Waals surface area contributed by atoms with E-state index in [1.165, 1.54) is 24.6 Å². The van der Waals surface area contributed by atoms with Crippen LogP contribution in [0.2, 0.25) is 0 Å². The van der Waals surface area contributed by atoms with E-state index in [-0.39, 0.29) is 5.82 Å². The van der Waals surface area contributed by atoms with Crippen LogP contribution in [0.3, 0.4) is 0 Å². The molecule has 0 atom stereocenters. The van der Waals surface area contributed by atoms with E-state index in [1.807, 2.05) is 24.3 Å². The lowest BCUT2D eigenvalue weighted by Gasteiger charge is -2.19. The van der Waals surface area contributed by atoms with Gasteiger partial charge in [0.15, 0.2) is 0 Å². The molecule has 27 heavy (non-hydrogen) atoms. The Morgan fingerprint density at radius 2 is 1.52 bits per heavy atom. The van der Waals surface area contributed by atoms with Gasteiger partial charge in [0.1, 0.15) is 5.82 Å². The summed E-state index contributed by atoms with van der Waals surface area (Å²) in [6.45, 7) is 4.04. The van der Waals surface area contributed by atoms with Gasteiger partial charge in [-0.1, -0.05) is 30.4 Å². The Hall–Kier alpha value is -2.94. The Balaban J connectivity index is 1.79. The zero-order valence-corrected chi connectivity index (χ0v) is 15.5. The van der Waals surface area contributed by atoms with Gasteiger partial charge in [-0.05, 0) is 84.0 Å². The van der Waals surface area contributed by atoms with E-state index in [2.05, 4.69) is 29.2 Å². The molecule has 0 spiro atoms. The lowest BCUT2D eigenvalue weighted by atomic mass is 9.90. The maximum atomic E-state index is 13.8. The van der Waals surface area contributed by atoms with Gasteiger partial charge in [0.05, 0.1) is 5.71 Å². The molecule has 3 heteroatoms. The molecule has 1 saturated heterocycles. The molecule has 1 N–H and O–H groups in total. The quantitative estimate of drug-likeness (QED) is 0.750. The highest BCUT2D eigenvalue weighted by Crippen LogP contribution is 2.32. The molecule has 0 bridgehead atoms. The maximum absolute atomic E-state index is 13.8. The second kappa shape index (κ2) is 7.36. The van der Waals surface area contributed by atoms with Gasteiger partial charge in [0.25, 0.3) is 0 Å². The lowest BCUT2D eigenvalue weighted by Crippen LogP contribution is -2.17. The standard InChI is InChI=1S/C24H23FN2/c1-17-16-20(8-13-23(17)25)24(18-4-9-21(26)10-5-18)19-6-11-22(12-7-19)27-14-2-3-15-27/h4-13,16,26H,2-3,14-15H2,1H3. The van der Waals surface area contributed by atoms with Crippen molar-refractivity contribution in [2.75, 3.05) is 18.0 Å². The predicted molar refractivity (Wildman–Crippen MR) is 111 cm³/mol. The number of hydrogen-bond donors (Lipinski definition) is 1. The van der Waals surface area contributed by atoms with Gasteiger partial charge in [-0.2, -0.15) is 0 Å². The van der Waals surface area contributed by atoms with Crippen molar-refractivity contribution in [3.05, 3.63) is 94.8 Å².